The first kappa shape index (κ1) is 17.3. The topological polar surface area (TPSA) is 74.8 Å². The van der Waals surface area contributed by atoms with Gasteiger partial charge in [-0.1, -0.05) is 44.2 Å². The van der Waals surface area contributed by atoms with E-state index in [1.54, 1.807) is 0 Å². The number of carbonyl (C=O) groups is 1. The highest BCUT2D eigenvalue weighted by atomic mass is 32.2. The lowest BCUT2D eigenvalue weighted by Crippen LogP contribution is -2.16. The minimum Gasteiger partial charge on any atom is -0.325 e. The minimum absolute atomic E-state index is 0.119. The maximum atomic E-state index is 12.0. The van der Waals surface area contributed by atoms with Gasteiger partial charge in [0.25, 0.3) is 5.56 Å². The van der Waals surface area contributed by atoms with Gasteiger partial charge in [-0.25, -0.2) is 4.98 Å². The van der Waals surface area contributed by atoms with Crippen LogP contribution in [0.5, 0.6) is 0 Å². The number of hydrogen-bond donors (Lipinski definition) is 2. The van der Waals surface area contributed by atoms with Crippen LogP contribution < -0.4 is 10.9 Å². The van der Waals surface area contributed by atoms with E-state index in [1.165, 1.54) is 23.4 Å². The molecule has 0 bridgehead atoms. The Labute approximate surface area is 139 Å². The van der Waals surface area contributed by atoms with Crippen molar-refractivity contribution < 1.29 is 4.79 Å². The molecule has 2 N–H and O–H groups in total. The molecule has 0 unspecified atom stereocenters. The van der Waals surface area contributed by atoms with Crippen LogP contribution in [0.1, 0.15) is 31.5 Å². The van der Waals surface area contributed by atoms with E-state index < -0.39 is 0 Å². The Morgan fingerprint density at radius 3 is 2.87 bits per heavy atom. The SMILES string of the molecule is CCCc1cc(=O)[nH]c(SCC(=O)Nc2cccc(CC)c2)n1. The quantitative estimate of drug-likeness (QED) is 0.604. The molecule has 0 atom stereocenters. The molecule has 0 saturated carbocycles. The van der Waals surface area contributed by atoms with Crippen molar-refractivity contribution in [2.24, 2.45) is 0 Å². The van der Waals surface area contributed by atoms with Crippen molar-refractivity contribution in [1.82, 2.24) is 9.97 Å². The molecule has 0 aliphatic rings. The van der Waals surface area contributed by atoms with Crippen LogP contribution in [0.25, 0.3) is 0 Å². The zero-order chi connectivity index (χ0) is 16.7. The summed E-state index contributed by atoms with van der Waals surface area (Å²) in [5, 5.41) is 3.35. The Balaban J connectivity index is 1.95. The van der Waals surface area contributed by atoms with Crippen LogP contribution in [-0.2, 0) is 17.6 Å². The van der Waals surface area contributed by atoms with Crippen molar-refractivity contribution in [3.8, 4) is 0 Å². The molecule has 0 fully saturated rings. The Kier molecular flexibility index (Phi) is 6.40. The molecule has 0 spiro atoms. The van der Waals surface area contributed by atoms with Gasteiger partial charge in [-0.15, -0.1) is 0 Å². The summed E-state index contributed by atoms with van der Waals surface area (Å²) in [6.07, 6.45) is 2.61. The van der Waals surface area contributed by atoms with Gasteiger partial charge in [0.2, 0.25) is 5.91 Å². The summed E-state index contributed by atoms with van der Waals surface area (Å²) in [7, 11) is 0. The zero-order valence-electron chi connectivity index (χ0n) is 13.4. The lowest BCUT2D eigenvalue weighted by atomic mass is 10.1. The second-order valence-corrected chi connectivity index (χ2v) is 6.15. The molecule has 0 radical (unpaired) electrons. The number of H-pyrrole nitrogens is 1. The van der Waals surface area contributed by atoms with E-state index in [9.17, 15) is 9.59 Å². The normalized spacial score (nSPS) is 10.5. The number of nitrogens with one attached hydrogen (secondary N) is 2. The fraction of sp³-hybridized carbons (Fsp3) is 0.353. The maximum Gasteiger partial charge on any atom is 0.251 e. The monoisotopic (exact) mass is 331 g/mol. The standard InChI is InChI=1S/C17H21N3O2S/c1-3-6-13-10-15(21)20-17(19-13)23-11-16(22)18-14-8-5-7-12(4-2)9-14/h5,7-10H,3-4,6,11H2,1-2H3,(H,18,22)(H,19,20,21). The van der Waals surface area contributed by atoms with Gasteiger partial charge in [-0.3, -0.25) is 9.59 Å². The molecule has 1 amide bonds. The second-order valence-electron chi connectivity index (χ2n) is 5.18. The van der Waals surface area contributed by atoms with Crippen LogP contribution in [0.15, 0.2) is 40.3 Å². The number of rotatable bonds is 7. The first-order valence-corrected chi connectivity index (χ1v) is 8.71. The van der Waals surface area contributed by atoms with Gasteiger partial charge >= 0.3 is 0 Å². The number of aromatic amines is 1. The number of hydrogen-bond acceptors (Lipinski definition) is 4. The molecule has 1 aromatic heterocycles. The van der Waals surface area contributed by atoms with Gasteiger partial charge in [0.05, 0.1) is 5.75 Å². The Morgan fingerprint density at radius 2 is 2.13 bits per heavy atom. The first-order chi connectivity index (χ1) is 11.1. The Morgan fingerprint density at radius 1 is 1.30 bits per heavy atom. The van der Waals surface area contributed by atoms with E-state index in [0.29, 0.717) is 5.16 Å². The Hall–Kier alpha value is -2.08. The highest BCUT2D eigenvalue weighted by Gasteiger charge is 2.07. The van der Waals surface area contributed by atoms with E-state index in [2.05, 4.69) is 22.2 Å². The minimum atomic E-state index is -0.179. The highest BCUT2D eigenvalue weighted by Crippen LogP contribution is 2.14. The lowest BCUT2D eigenvalue weighted by Gasteiger charge is -2.07. The molecule has 122 valence electrons. The van der Waals surface area contributed by atoms with Crippen LogP contribution in [0, 0.1) is 0 Å². The van der Waals surface area contributed by atoms with Gasteiger partial charge in [-0.2, -0.15) is 0 Å². The predicted molar refractivity (Wildman–Crippen MR) is 94.0 cm³/mol. The van der Waals surface area contributed by atoms with Crippen LogP contribution in [0.2, 0.25) is 0 Å². The molecule has 1 aromatic carbocycles. The molecule has 2 aromatic rings. The van der Waals surface area contributed by atoms with E-state index in [0.717, 1.165) is 30.6 Å². The van der Waals surface area contributed by atoms with Gasteiger partial charge in [0, 0.05) is 17.4 Å². The van der Waals surface area contributed by atoms with Gasteiger partial charge < -0.3 is 10.3 Å². The zero-order valence-corrected chi connectivity index (χ0v) is 14.2. The highest BCUT2D eigenvalue weighted by molar-refractivity contribution is 7.99. The number of anilines is 1. The third kappa shape index (κ3) is 5.56. The first-order valence-electron chi connectivity index (χ1n) is 7.72. The number of amides is 1. The molecule has 0 saturated heterocycles. The second kappa shape index (κ2) is 8.53. The van der Waals surface area contributed by atoms with Gasteiger partial charge in [0.15, 0.2) is 5.16 Å². The van der Waals surface area contributed by atoms with Crippen molar-refractivity contribution >= 4 is 23.4 Å². The third-order valence-corrected chi connectivity index (χ3v) is 4.11. The lowest BCUT2D eigenvalue weighted by molar-refractivity contribution is -0.113. The number of aryl methyl sites for hydroxylation is 2. The number of nitrogens with zero attached hydrogens (tertiary/aromatic N) is 1. The van der Waals surface area contributed by atoms with Crippen LogP contribution in [-0.4, -0.2) is 21.6 Å². The summed E-state index contributed by atoms with van der Waals surface area (Å²) in [6, 6.07) is 9.28. The number of carbonyl (C=O) groups excluding carboxylic acids is 1. The summed E-state index contributed by atoms with van der Waals surface area (Å²) < 4.78 is 0. The number of aromatic nitrogens is 2. The van der Waals surface area contributed by atoms with E-state index in [1.807, 2.05) is 31.2 Å². The van der Waals surface area contributed by atoms with E-state index >= 15 is 0 Å². The summed E-state index contributed by atoms with van der Waals surface area (Å²) in [5.41, 5.74) is 2.54. The molecule has 0 aliphatic carbocycles. The van der Waals surface area contributed by atoms with Crippen LogP contribution in [0.3, 0.4) is 0 Å². The van der Waals surface area contributed by atoms with Crippen molar-refractivity contribution in [2.45, 2.75) is 38.3 Å². The largest absolute Gasteiger partial charge is 0.325 e. The smallest absolute Gasteiger partial charge is 0.251 e. The van der Waals surface area contributed by atoms with Gasteiger partial charge in [-0.05, 0) is 30.5 Å². The number of thioether (sulfide) groups is 1. The van der Waals surface area contributed by atoms with Crippen molar-refractivity contribution in [2.75, 3.05) is 11.1 Å². The number of benzene rings is 1. The molecule has 0 aliphatic heterocycles. The molecule has 23 heavy (non-hydrogen) atoms. The average Bonchev–Trinajstić information content (AvgIpc) is 2.53. The third-order valence-electron chi connectivity index (χ3n) is 3.24. The van der Waals surface area contributed by atoms with Crippen molar-refractivity contribution in [1.29, 1.82) is 0 Å². The molecular formula is C17H21N3O2S. The average molecular weight is 331 g/mol. The molecule has 2 rings (SSSR count). The Bertz CT molecular complexity index is 728. The van der Waals surface area contributed by atoms with Crippen molar-refractivity contribution in [3.63, 3.8) is 0 Å². The summed E-state index contributed by atoms with van der Waals surface area (Å²) in [6.45, 7) is 4.11. The van der Waals surface area contributed by atoms with E-state index in [4.69, 9.17) is 0 Å². The molecular weight excluding hydrogens is 310 g/mol. The fourth-order valence-corrected chi connectivity index (χ4v) is 2.83. The van der Waals surface area contributed by atoms with E-state index in [-0.39, 0.29) is 17.2 Å². The fourth-order valence-electron chi connectivity index (χ4n) is 2.14. The summed E-state index contributed by atoms with van der Waals surface area (Å²) >= 11 is 1.23. The van der Waals surface area contributed by atoms with Crippen molar-refractivity contribution in [3.05, 3.63) is 51.9 Å². The summed E-state index contributed by atoms with van der Waals surface area (Å²) in [5.74, 6) is 0.0845. The molecule has 6 heteroatoms. The molecule has 5 nitrogen and oxygen atoms in total. The molecule has 1 heterocycles. The maximum absolute atomic E-state index is 12.0. The van der Waals surface area contributed by atoms with Crippen LogP contribution in [0.4, 0.5) is 5.69 Å². The van der Waals surface area contributed by atoms with Crippen LogP contribution >= 0.6 is 11.8 Å². The van der Waals surface area contributed by atoms with Gasteiger partial charge in [0.1, 0.15) is 0 Å². The summed E-state index contributed by atoms with van der Waals surface area (Å²) in [4.78, 5) is 30.6. The predicted octanol–water partition coefficient (Wildman–Crippen LogP) is 3.02.